The van der Waals surface area contributed by atoms with E-state index in [1.54, 1.807) is 0 Å². The fourth-order valence-electron chi connectivity index (χ4n) is 4.45. The zero-order valence-corrected chi connectivity index (χ0v) is 22.8. The van der Waals surface area contributed by atoms with Crippen molar-refractivity contribution in [2.75, 3.05) is 46.9 Å². The molecule has 0 bridgehead atoms. The first-order valence-electron chi connectivity index (χ1n) is 12.2. The van der Waals surface area contributed by atoms with E-state index in [9.17, 15) is 4.79 Å². The molecular weight excluding hydrogens is 529 g/mol. The van der Waals surface area contributed by atoms with Crippen LogP contribution in [-0.2, 0) is 11.3 Å². The number of halogens is 1. The van der Waals surface area contributed by atoms with E-state index in [1.165, 1.54) is 19.3 Å². The third-order valence-corrected chi connectivity index (χ3v) is 6.26. The van der Waals surface area contributed by atoms with Gasteiger partial charge in [-0.1, -0.05) is 31.4 Å². The molecule has 2 fully saturated rings. The van der Waals surface area contributed by atoms with Crippen LogP contribution in [0.25, 0.3) is 0 Å². The Morgan fingerprint density at radius 1 is 1.21 bits per heavy atom. The highest BCUT2D eigenvalue weighted by atomic mass is 127. The van der Waals surface area contributed by atoms with Crippen molar-refractivity contribution in [3.63, 3.8) is 0 Å². The maximum atomic E-state index is 12.9. The Bertz CT molecular complexity index is 752. The van der Waals surface area contributed by atoms with Gasteiger partial charge in [0.15, 0.2) is 5.96 Å². The summed E-state index contributed by atoms with van der Waals surface area (Å²) >= 11 is 0. The Kier molecular flexibility index (Phi) is 12.3. The summed E-state index contributed by atoms with van der Waals surface area (Å²) in [6.07, 6.45) is 6.78. The topological polar surface area (TPSA) is 69.2 Å². The van der Waals surface area contributed by atoms with E-state index in [-0.39, 0.29) is 35.9 Å². The summed E-state index contributed by atoms with van der Waals surface area (Å²) in [6.45, 7) is 6.63. The summed E-state index contributed by atoms with van der Waals surface area (Å²) in [5.74, 6) is 2.30. The quantitative estimate of drug-likeness (QED) is 0.270. The van der Waals surface area contributed by atoms with Gasteiger partial charge in [0.05, 0.1) is 6.54 Å². The van der Waals surface area contributed by atoms with Crippen molar-refractivity contribution in [3.8, 4) is 5.75 Å². The summed E-state index contributed by atoms with van der Waals surface area (Å²) in [4.78, 5) is 21.8. The van der Waals surface area contributed by atoms with Crippen LogP contribution in [0.2, 0.25) is 0 Å². The Morgan fingerprint density at radius 2 is 2.00 bits per heavy atom. The average molecular weight is 572 g/mol. The second-order valence-electron chi connectivity index (χ2n) is 9.24. The number of carbonyl (C=O) groups excluding carboxylic acids is 1. The number of hydrogen-bond donors (Lipinski definition) is 2. The molecule has 1 amide bonds. The lowest BCUT2D eigenvalue weighted by atomic mass is 9.88. The number of rotatable bonds is 9. The number of aliphatic imine (C=N–C) groups is 1. The van der Waals surface area contributed by atoms with E-state index in [2.05, 4.69) is 39.5 Å². The molecule has 2 N–H and O–H groups in total. The van der Waals surface area contributed by atoms with Crippen molar-refractivity contribution < 1.29 is 9.53 Å². The molecule has 0 aromatic heterocycles. The van der Waals surface area contributed by atoms with Crippen LogP contribution in [0, 0.1) is 5.92 Å². The minimum absolute atomic E-state index is 0. The molecule has 186 valence electrons. The molecule has 1 aromatic rings. The van der Waals surface area contributed by atoms with Gasteiger partial charge in [0.1, 0.15) is 12.4 Å². The van der Waals surface area contributed by atoms with Gasteiger partial charge in [-0.15, -0.1) is 24.0 Å². The molecule has 0 spiro atoms. The highest BCUT2D eigenvalue weighted by Crippen LogP contribution is 2.26. The average Bonchev–Trinajstić information content (AvgIpc) is 3.26. The molecule has 7 nitrogen and oxygen atoms in total. The summed E-state index contributed by atoms with van der Waals surface area (Å²) < 4.78 is 5.84. The number of likely N-dealkylation sites (N-methyl/N-ethyl adjacent to an activating group) is 1. The Hall–Kier alpha value is -1.55. The van der Waals surface area contributed by atoms with Gasteiger partial charge in [-0.05, 0) is 58.0 Å². The first kappa shape index (κ1) is 27.7. The second kappa shape index (κ2) is 14.7. The van der Waals surface area contributed by atoms with Crippen LogP contribution in [-0.4, -0.2) is 74.6 Å². The largest absolute Gasteiger partial charge is 0.492 e. The lowest BCUT2D eigenvalue weighted by Crippen LogP contribution is -2.45. The molecule has 8 heteroatoms. The van der Waals surface area contributed by atoms with E-state index in [1.807, 2.05) is 26.2 Å². The number of carbonyl (C=O) groups is 1. The van der Waals surface area contributed by atoms with Gasteiger partial charge in [-0.3, -0.25) is 4.79 Å². The van der Waals surface area contributed by atoms with Crippen molar-refractivity contribution in [2.45, 2.75) is 58.0 Å². The van der Waals surface area contributed by atoms with Gasteiger partial charge in [0.2, 0.25) is 5.91 Å². The normalized spacial score (nSPS) is 19.3. The summed E-state index contributed by atoms with van der Waals surface area (Å²) in [7, 11) is 4.08. The smallest absolute Gasteiger partial charge is 0.225 e. The van der Waals surface area contributed by atoms with Crippen LogP contribution < -0.4 is 15.4 Å². The van der Waals surface area contributed by atoms with Gasteiger partial charge >= 0.3 is 0 Å². The standard InChI is InChI=1S/C25H41N5O2.HI/c1-4-26-25(27-18-20-9-8-12-23(17-20)32-16-15-29(2)3)28-22-13-14-30(19-22)24(31)21-10-6-5-7-11-21;/h8-9,12,17,21-22H,4-7,10-11,13-16,18-19H2,1-3H3,(H2,26,27,28);1H. The highest BCUT2D eigenvalue weighted by molar-refractivity contribution is 14.0. The molecule has 1 unspecified atom stereocenters. The number of nitrogens with one attached hydrogen (secondary N) is 2. The molecule has 2 aliphatic rings. The maximum Gasteiger partial charge on any atom is 0.225 e. The summed E-state index contributed by atoms with van der Waals surface area (Å²) in [6, 6.07) is 8.39. The molecular formula is C25H42IN5O2. The molecule has 1 heterocycles. The Balaban J connectivity index is 0.00000385. The van der Waals surface area contributed by atoms with Crippen LogP contribution in [0.5, 0.6) is 5.75 Å². The summed E-state index contributed by atoms with van der Waals surface area (Å²) in [5, 5.41) is 6.89. The molecule has 3 rings (SSSR count). The Morgan fingerprint density at radius 3 is 2.73 bits per heavy atom. The number of guanidine groups is 1. The van der Waals surface area contributed by atoms with Crippen molar-refractivity contribution >= 4 is 35.8 Å². The molecule has 0 radical (unpaired) electrons. The van der Waals surface area contributed by atoms with Crippen LogP contribution in [0.3, 0.4) is 0 Å². The molecule has 1 aliphatic carbocycles. The van der Waals surface area contributed by atoms with Crippen molar-refractivity contribution in [1.82, 2.24) is 20.4 Å². The van der Waals surface area contributed by atoms with Crippen LogP contribution in [0.1, 0.15) is 51.0 Å². The van der Waals surface area contributed by atoms with Gasteiger partial charge in [-0.2, -0.15) is 0 Å². The number of benzene rings is 1. The zero-order chi connectivity index (χ0) is 22.8. The van der Waals surface area contributed by atoms with Gasteiger partial charge in [0.25, 0.3) is 0 Å². The van der Waals surface area contributed by atoms with Gasteiger partial charge in [-0.25, -0.2) is 4.99 Å². The van der Waals surface area contributed by atoms with Crippen LogP contribution in [0.15, 0.2) is 29.3 Å². The van der Waals surface area contributed by atoms with Crippen LogP contribution in [0.4, 0.5) is 0 Å². The lowest BCUT2D eigenvalue weighted by Gasteiger charge is -2.26. The fourth-order valence-corrected chi connectivity index (χ4v) is 4.45. The minimum Gasteiger partial charge on any atom is -0.492 e. The number of hydrogen-bond acceptors (Lipinski definition) is 4. The third-order valence-electron chi connectivity index (χ3n) is 6.26. The molecule has 1 aliphatic heterocycles. The van der Waals surface area contributed by atoms with E-state index in [0.29, 0.717) is 19.1 Å². The minimum atomic E-state index is 0. The molecule has 1 aromatic carbocycles. The van der Waals surface area contributed by atoms with E-state index < -0.39 is 0 Å². The zero-order valence-electron chi connectivity index (χ0n) is 20.5. The van der Waals surface area contributed by atoms with Gasteiger partial charge in [0, 0.05) is 38.1 Å². The van der Waals surface area contributed by atoms with Crippen LogP contribution >= 0.6 is 24.0 Å². The SMILES string of the molecule is CCNC(=NCc1cccc(OCCN(C)C)c1)NC1CCN(C(=O)C2CCCCC2)C1.I. The van der Waals surface area contributed by atoms with Gasteiger partial charge < -0.3 is 25.2 Å². The number of nitrogens with zero attached hydrogens (tertiary/aromatic N) is 3. The summed E-state index contributed by atoms with van der Waals surface area (Å²) in [5.41, 5.74) is 1.12. The first-order chi connectivity index (χ1) is 15.5. The van der Waals surface area contributed by atoms with Crippen molar-refractivity contribution in [1.29, 1.82) is 0 Å². The van der Waals surface area contributed by atoms with E-state index >= 15 is 0 Å². The number of likely N-dealkylation sites (tertiary alicyclic amines) is 1. The Labute approximate surface area is 216 Å². The fraction of sp³-hybridized carbons (Fsp3) is 0.680. The first-order valence-corrected chi connectivity index (χ1v) is 12.2. The molecule has 1 saturated carbocycles. The van der Waals surface area contributed by atoms with Crippen molar-refractivity contribution in [2.24, 2.45) is 10.9 Å². The van der Waals surface area contributed by atoms with E-state index in [4.69, 9.17) is 9.73 Å². The second-order valence-corrected chi connectivity index (χ2v) is 9.24. The third kappa shape index (κ3) is 9.31. The lowest BCUT2D eigenvalue weighted by molar-refractivity contribution is -0.135. The molecule has 33 heavy (non-hydrogen) atoms. The maximum absolute atomic E-state index is 12.9. The predicted octanol–water partition coefficient (Wildman–Crippen LogP) is 3.48. The highest BCUT2D eigenvalue weighted by Gasteiger charge is 2.31. The monoisotopic (exact) mass is 571 g/mol. The van der Waals surface area contributed by atoms with E-state index in [0.717, 1.165) is 62.7 Å². The number of ether oxygens (including phenoxy) is 1. The van der Waals surface area contributed by atoms with Crippen molar-refractivity contribution in [3.05, 3.63) is 29.8 Å². The number of amides is 1. The predicted molar refractivity (Wildman–Crippen MR) is 145 cm³/mol. The molecule has 1 saturated heterocycles. The molecule has 1 atom stereocenters.